The van der Waals surface area contributed by atoms with E-state index < -0.39 is 0 Å². The molecular formula is C8H11BrClN3. The quantitative estimate of drug-likeness (QED) is 0.769. The van der Waals surface area contributed by atoms with Gasteiger partial charge < -0.3 is 4.90 Å². The van der Waals surface area contributed by atoms with Crippen LogP contribution in [0.2, 0.25) is 5.15 Å². The minimum atomic E-state index is 0.377. The van der Waals surface area contributed by atoms with E-state index in [2.05, 4.69) is 39.7 Å². The van der Waals surface area contributed by atoms with Gasteiger partial charge in [-0.3, -0.25) is 0 Å². The fourth-order valence-electron chi connectivity index (χ4n) is 0.830. The van der Waals surface area contributed by atoms with Gasteiger partial charge in [-0.1, -0.05) is 11.6 Å². The maximum atomic E-state index is 5.84. The first kappa shape index (κ1) is 10.7. The fraction of sp³-hybridized carbons (Fsp3) is 0.500. The highest BCUT2D eigenvalue weighted by Crippen LogP contribution is 2.28. The molecule has 5 heteroatoms. The summed E-state index contributed by atoms with van der Waals surface area (Å²) in [6.45, 7) is 4.17. The molecule has 3 nitrogen and oxygen atoms in total. The topological polar surface area (TPSA) is 29.0 Å². The summed E-state index contributed by atoms with van der Waals surface area (Å²) in [6, 6.07) is 0.377. The molecule has 0 saturated carbocycles. The Bertz CT molecular complexity index is 303. The first-order valence-corrected chi connectivity index (χ1v) is 5.10. The van der Waals surface area contributed by atoms with E-state index in [9.17, 15) is 0 Å². The molecule has 0 saturated heterocycles. The van der Waals surface area contributed by atoms with Gasteiger partial charge in [0.2, 0.25) is 0 Å². The summed E-state index contributed by atoms with van der Waals surface area (Å²) < 4.78 is 0.743. The first-order chi connectivity index (χ1) is 6.04. The molecular weight excluding hydrogens is 253 g/mol. The van der Waals surface area contributed by atoms with Gasteiger partial charge in [-0.25, -0.2) is 9.97 Å². The molecule has 0 aliphatic rings. The Morgan fingerprint density at radius 2 is 2.08 bits per heavy atom. The van der Waals surface area contributed by atoms with Crippen LogP contribution in [0.15, 0.2) is 10.8 Å². The molecule has 0 aliphatic heterocycles. The van der Waals surface area contributed by atoms with Crippen LogP contribution in [0.3, 0.4) is 0 Å². The Hall–Kier alpha value is -0.350. The van der Waals surface area contributed by atoms with Crippen LogP contribution in [0.1, 0.15) is 13.8 Å². The Morgan fingerprint density at radius 1 is 1.46 bits per heavy atom. The lowest BCUT2D eigenvalue weighted by molar-refractivity contribution is 0.739. The molecule has 0 amide bonds. The van der Waals surface area contributed by atoms with E-state index in [4.69, 9.17) is 11.6 Å². The van der Waals surface area contributed by atoms with Crippen LogP contribution in [0, 0.1) is 0 Å². The average molecular weight is 265 g/mol. The van der Waals surface area contributed by atoms with Crippen LogP contribution in [0.25, 0.3) is 0 Å². The van der Waals surface area contributed by atoms with Gasteiger partial charge in [-0.15, -0.1) is 0 Å². The van der Waals surface area contributed by atoms with Crippen LogP contribution >= 0.6 is 27.5 Å². The van der Waals surface area contributed by atoms with E-state index in [1.165, 1.54) is 6.33 Å². The van der Waals surface area contributed by atoms with Gasteiger partial charge in [0.25, 0.3) is 0 Å². The minimum Gasteiger partial charge on any atom is -0.356 e. The highest BCUT2D eigenvalue weighted by molar-refractivity contribution is 9.10. The fourth-order valence-corrected chi connectivity index (χ4v) is 1.44. The highest BCUT2D eigenvalue weighted by Gasteiger charge is 2.12. The normalized spacial score (nSPS) is 10.6. The summed E-state index contributed by atoms with van der Waals surface area (Å²) in [6.07, 6.45) is 1.46. The van der Waals surface area contributed by atoms with Crippen molar-refractivity contribution in [2.24, 2.45) is 0 Å². The monoisotopic (exact) mass is 263 g/mol. The van der Waals surface area contributed by atoms with Crippen molar-refractivity contribution in [3.63, 3.8) is 0 Å². The Balaban J connectivity index is 3.07. The van der Waals surface area contributed by atoms with E-state index in [0.717, 1.165) is 10.3 Å². The van der Waals surface area contributed by atoms with Gasteiger partial charge in [0, 0.05) is 13.1 Å². The van der Waals surface area contributed by atoms with Crippen molar-refractivity contribution in [3.05, 3.63) is 16.0 Å². The second-order valence-corrected chi connectivity index (χ2v) is 4.16. The van der Waals surface area contributed by atoms with Crippen molar-refractivity contribution in [2.75, 3.05) is 11.9 Å². The lowest BCUT2D eigenvalue weighted by Gasteiger charge is -2.23. The van der Waals surface area contributed by atoms with Crippen molar-refractivity contribution in [1.29, 1.82) is 0 Å². The molecule has 0 unspecified atom stereocenters. The van der Waals surface area contributed by atoms with Crippen molar-refractivity contribution < 1.29 is 0 Å². The van der Waals surface area contributed by atoms with Crippen LogP contribution in [0.4, 0.5) is 5.82 Å². The van der Waals surface area contributed by atoms with Gasteiger partial charge in [0.05, 0.1) is 4.47 Å². The average Bonchev–Trinajstić information content (AvgIpc) is 2.08. The number of nitrogens with zero attached hydrogens (tertiary/aromatic N) is 3. The van der Waals surface area contributed by atoms with Crippen LogP contribution in [0.5, 0.6) is 0 Å². The molecule has 0 N–H and O–H groups in total. The third kappa shape index (κ3) is 2.31. The number of aromatic nitrogens is 2. The summed E-state index contributed by atoms with van der Waals surface area (Å²) >= 11 is 9.19. The second kappa shape index (κ2) is 4.24. The van der Waals surface area contributed by atoms with E-state index in [0.29, 0.717) is 11.2 Å². The molecule has 1 heterocycles. The minimum absolute atomic E-state index is 0.377. The molecule has 72 valence electrons. The lowest BCUT2D eigenvalue weighted by Crippen LogP contribution is -2.27. The van der Waals surface area contributed by atoms with E-state index in [1.54, 1.807) is 0 Å². The smallest absolute Gasteiger partial charge is 0.148 e. The maximum absolute atomic E-state index is 5.84. The summed E-state index contributed by atoms with van der Waals surface area (Å²) in [7, 11) is 1.97. The van der Waals surface area contributed by atoms with E-state index >= 15 is 0 Å². The summed E-state index contributed by atoms with van der Waals surface area (Å²) in [5.74, 6) is 0.815. The molecule has 0 bridgehead atoms. The van der Waals surface area contributed by atoms with Crippen LogP contribution < -0.4 is 4.90 Å². The molecule has 1 aromatic heterocycles. The van der Waals surface area contributed by atoms with Crippen molar-refractivity contribution in [3.8, 4) is 0 Å². The maximum Gasteiger partial charge on any atom is 0.148 e. The second-order valence-electron chi connectivity index (χ2n) is 3.01. The van der Waals surface area contributed by atoms with Crippen molar-refractivity contribution >= 4 is 33.3 Å². The number of hydrogen-bond acceptors (Lipinski definition) is 3. The van der Waals surface area contributed by atoms with Crippen molar-refractivity contribution in [2.45, 2.75) is 19.9 Å². The SMILES string of the molecule is CC(C)N(C)c1ncnc(Cl)c1Br. The van der Waals surface area contributed by atoms with Crippen LogP contribution in [-0.4, -0.2) is 23.1 Å². The Morgan fingerprint density at radius 3 is 2.62 bits per heavy atom. The first-order valence-electron chi connectivity index (χ1n) is 3.93. The van der Waals surface area contributed by atoms with Crippen LogP contribution in [-0.2, 0) is 0 Å². The van der Waals surface area contributed by atoms with Gasteiger partial charge in [0.15, 0.2) is 0 Å². The summed E-state index contributed by atoms with van der Waals surface area (Å²) in [5.41, 5.74) is 0. The number of rotatable bonds is 2. The molecule has 0 radical (unpaired) electrons. The standard InChI is InChI=1S/C8H11BrClN3/c1-5(2)13(3)8-6(9)7(10)11-4-12-8/h4-5H,1-3H3. The van der Waals surface area contributed by atoms with E-state index in [-0.39, 0.29) is 0 Å². The summed E-state index contributed by atoms with van der Waals surface area (Å²) in [5, 5.41) is 0.442. The van der Waals surface area contributed by atoms with Gasteiger partial charge >= 0.3 is 0 Å². The predicted molar refractivity (Wildman–Crippen MR) is 58.3 cm³/mol. The molecule has 1 rings (SSSR count). The summed E-state index contributed by atoms with van der Waals surface area (Å²) in [4.78, 5) is 10.0. The molecule has 1 aromatic rings. The highest BCUT2D eigenvalue weighted by atomic mass is 79.9. The zero-order chi connectivity index (χ0) is 10.0. The molecule has 0 fully saturated rings. The number of anilines is 1. The zero-order valence-electron chi connectivity index (χ0n) is 7.75. The number of hydrogen-bond donors (Lipinski definition) is 0. The predicted octanol–water partition coefficient (Wildman–Crippen LogP) is 2.74. The molecule has 0 aromatic carbocycles. The molecule has 13 heavy (non-hydrogen) atoms. The number of halogens is 2. The third-order valence-electron chi connectivity index (χ3n) is 1.84. The molecule has 0 atom stereocenters. The van der Waals surface area contributed by atoms with Gasteiger partial charge in [-0.2, -0.15) is 0 Å². The molecule has 0 aliphatic carbocycles. The largest absolute Gasteiger partial charge is 0.356 e. The van der Waals surface area contributed by atoms with Crippen molar-refractivity contribution in [1.82, 2.24) is 9.97 Å². The third-order valence-corrected chi connectivity index (χ3v) is 3.08. The van der Waals surface area contributed by atoms with Gasteiger partial charge in [-0.05, 0) is 29.8 Å². The van der Waals surface area contributed by atoms with E-state index in [1.807, 2.05) is 11.9 Å². The Labute approximate surface area is 91.3 Å². The Kier molecular flexibility index (Phi) is 3.50. The zero-order valence-corrected chi connectivity index (χ0v) is 10.1. The van der Waals surface area contributed by atoms with Gasteiger partial charge in [0.1, 0.15) is 17.3 Å². The molecule has 0 spiro atoms. The lowest BCUT2D eigenvalue weighted by atomic mass is 10.3.